The second kappa shape index (κ2) is 6.14. The maximum atomic E-state index is 5.93. The molecule has 0 saturated carbocycles. The number of nitrogens with two attached hydrogens (primary N) is 1. The van der Waals surface area contributed by atoms with Crippen molar-refractivity contribution >= 4 is 11.3 Å². The molecule has 19 heavy (non-hydrogen) atoms. The standard InChI is InChI=1S/C12H17N3O3S/c1-7(2)17-5-9(13)11-14-12(18-15-11)10-4-8(16-3)6-19-10/h4,6-7,9H,5,13H2,1-3H3. The highest BCUT2D eigenvalue weighted by molar-refractivity contribution is 7.13. The van der Waals surface area contributed by atoms with Crippen LogP contribution >= 0.6 is 11.3 Å². The molecule has 1 atom stereocenters. The monoisotopic (exact) mass is 283 g/mol. The molecule has 2 heterocycles. The van der Waals surface area contributed by atoms with Crippen LogP contribution in [0.15, 0.2) is 16.0 Å². The van der Waals surface area contributed by atoms with E-state index in [0.29, 0.717) is 18.3 Å². The topological polar surface area (TPSA) is 83.4 Å². The molecule has 2 N–H and O–H groups in total. The minimum Gasteiger partial charge on any atom is -0.496 e. The quantitative estimate of drug-likeness (QED) is 0.875. The molecule has 7 heteroatoms. The van der Waals surface area contributed by atoms with Gasteiger partial charge in [0.2, 0.25) is 0 Å². The van der Waals surface area contributed by atoms with Gasteiger partial charge in [-0.05, 0) is 13.8 Å². The molecule has 104 valence electrons. The van der Waals surface area contributed by atoms with Crippen LogP contribution < -0.4 is 10.5 Å². The summed E-state index contributed by atoms with van der Waals surface area (Å²) < 4.78 is 15.7. The first-order chi connectivity index (χ1) is 9.10. The highest BCUT2D eigenvalue weighted by atomic mass is 32.1. The molecular weight excluding hydrogens is 266 g/mol. The van der Waals surface area contributed by atoms with Gasteiger partial charge in [-0.2, -0.15) is 4.98 Å². The lowest BCUT2D eigenvalue weighted by Crippen LogP contribution is -2.20. The van der Waals surface area contributed by atoms with Crippen LogP contribution in [0.1, 0.15) is 25.7 Å². The average molecular weight is 283 g/mol. The number of nitrogens with zero attached hydrogens (tertiary/aromatic N) is 2. The predicted molar refractivity (Wildman–Crippen MR) is 72.2 cm³/mol. The van der Waals surface area contributed by atoms with E-state index in [9.17, 15) is 0 Å². The van der Waals surface area contributed by atoms with E-state index in [1.807, 2.05) is 25.3 Å². The van der Waals surface area contributed by atoms with Crippen LogP contribution in [-0.4, -0.2) is 30.0 Å². The van der Waals surface area contributed by atoms with Gasteiger partial charge in [-0.15, -0.1) is 11.3 Å². The number of hydrogen-bond acceptors (Lipinski definition) is 7. The van der Waals surface area contributed by atoms with Gasteiger partial charge in [-0.1, -0.05) is 5.16 Å². The van der Waals surface area contributed by atoms with Crippen LogP contribution in [0.2, 0.25) is 0 Å². The molecule has 0 aliphatic heterocycles. The normalized spacial score (nSPS) is 12.9. The largest absolute Gasteiger partial charge is 0.496 e. The first kappa shape index (κ1) is 14.0. The Balaban J connectivity index is 2.05. The average Bonchev–Trinajstić information content (AvgIpc) is 3.03. The SMILES string of the molecule is COc1csc(-c2nc(C(N)COC(C)C)no2)c1. The minimum absolute atomic E-state index is 0.124. The summed E-state index contributed by atoms with van der Waals surface area (Å²) in [6, 6.07) is 1.46. The lowest BCUT2D eigenvalue weighted by molar-refractivity contribution is 0.0665. The van der Waals surface area contributed by atoms with E-state index in [4.69, 9.17) is 19.7 Å². The second-order valence-corrected chi connectivity index (χ2v) is 5.21. The molecule has 0 aromatic carbocycles. The van der Waals surface area contributed by atoms with E-state index in [-0.39, 0.29) is 12.1 Å². The maximum Gasteiger partial charge on any atom is 0.268 e. The molecule has 0 radical (unpaired) electrons. The second-order valence-electron chi connectivity index (χ2n) is 4.30. The third-order valence-corrected chi connectivity index (χ3v) is 3.30. The van der Waals surface area contributed by atoms with Gasteiger partial charge in [0.15, 0.2) is 5.82 Å². The number of aromatic nitrogens is 2. The first-order valence-corrected chi connectivity index (χ1v) is 6.81. The molecule has 2 aromatic rings. The summed E-state index contributed by atoms with van der Waals surface area (Å²) in [5.41, 5.74) is 5.93. The fourth-order valence-corrected chi connectivity index (χ4v) is 2.17. The van der Waals surface area contributed by atoms with Crippen molar-refractivity contribution < 1.29 is 14.0 Å². The van der Waals surface area contributed by atoms with Gasteiger partial charge in [-0.3, -0.25) is 0 Å². The van der Waals surface area contributed by atoms with Crippen LogP contribution in [0.25, 0.3) is 10.8 Å². The molecular formula is C12H17N3O3S. The van der Waals surface area contributed by atoms with Crippen molar-refractivity contribution in [2.24, 2.45) is 5.73 Å². The highest BCUT2D eigenvalue weighted by Gasteiger charge is 2.17. The maximum absolute atomic E-state index is 5.93. The van der Waals surface area contributed by atoms with E-state index in [2.05, 4.69) is 10.1 Å². The first-order valence-electron chi connectivity index (χ1n) is 5.94. The molecule has 0 fully saturated rings. The summed E-state index contributed by atoms with van der Waals surface area (Å²) in [6.45, 7) is 4.27. The highest BCUT2D eigenvalue weighted by Crippen LogP contribution is 2.30. The molecule has 0 spiro atoms. The van der Waals surface area contributed by atoms with Gasteiger partial charge in [0.05, 0.1) is 30.7 Å². The zero-order valence-corrected chi connectivity index (χ0v) is 11.9. The molecule has 0 aliphatic rings. The fraction of sp³-hybridized carbons (Fsp3) is 0.500. The van der Waals surface area contributed by atoms with Crippen molar-refractivity contribution in [1.29, 1.82) is 0 Å². The Morgan fingerprint density at radius 1 is 1.47 bits per heavy atom. The fourth-order valence-electron chi connectivity index (χ4n) is 1.39. The number of ether oxygens (including phenoxy) is 2. The Morgan fingerprint density at radius 2 is 2.26 bits per heavy atom. The smallest absolute Gasteiger partial charge is 0.268 e. The van der Waals surface area contributed by atoms with Crippen molar-refractivity contribution in [2.75, 3.05) is 13.7 Å². The van der Waals surface area contributed by atoms with E-state index in [1.54, 1.807) is 7.11 Å². The summed E-state index contributed by atoms with van der Waals surface area (Å²) in [5, 5.41) is 5.76. The Morgan fingerprint density at radius 3 is 2.89 bits per heavy atom. The minimum atomic E-state index is -0.387. The van der Waals surface area contributed by atoms with Crippen LogP contribution in [0, 0.1) is 0 Å². The molecule has 1 unspecified atom stereocenters. The molecule has 0 saturated heterocycles. The molecule has 0 amide bonds. The zero-order chi connectivity index (χ0) is 13.8. The van der Waals surface area contributed by atoms with Gasteiger partial charge < -0.3 is 19.7 Å². The van der Waals surface area contributed by atoms with Gasteiger partial charge in [0, 0.05) is 11.4 Å². The molecule has 6 nitrogen and oxygen atoms in total. The van der Waals surface area contributed by atoms with Gasteiger partial charge in [-0.25, -0.2) is 0 Å². The van der Waals surface area contributed by atoms with Crippen LogP contribution in [0.5, 0.6) is 5.75 Å². The Bertz CT molecular complexity index is 524. The number of thiophene rings is 1. The van der Waals surface area contributed by atoms with Crippen molar-refractivity contribution in [3.8, 4) is 16.5 Å². The third kappa shape index (κ3) is 3.52. The van der Waals surface area contributed by atoms with Crippen LogP contribution in [0.4, 0.5) is 0 Å². The van der Waals surface area contributed by atoms with Crippen molar-refractivity contribution in [3.05, 3.63) is 17.3 Å². The molecule has 2 aromatic heterocycles. The van der Waals surface area contributed by atoms with Crippen molar-refractivity contribution in [1.82, 2.24) is 10.1 Å². The van der Waals surface area contributed by atoms with Crippen molar-refractivity contribution in [3.63, 3.8) is 0 Å². The number of hydrogen-bond donors (Lipinski definition) is 1. The summed E-state index contributed by atoms with van der Waals surface area (Å²) in [7, 11) is 1.62. The van der Waals surface area contributed by atoms with E-state index in [1.165, 1.54) is 11.3 Å². The van der Waals surface area contributed by atoms with Gasteiger partial charge in [0.25, 0.3) is 5.89 Å². The molecule has 0 aliphatic carbocycles. The number of methoxy groups -OCH3 is 1. The zero-order valence-electron chi connectivity index (χ0n) is 11.1. The summed E-state index contributed by atoms with van der Waals surface area (Å²) >= 11 is 1.48. The summed E-state index contributed by atoms with van der Waals surface area (Å²) in [4.78, 5) is 5.13. The Labute approximate surface area is 115 Å². The van der Waals surface area contributed by atoms with Gasteiger partial charge >= 0.3 is 0 Å². The molecule has 0 bridgehead atoms. The summed E-state index contributed by atoms with van der Waals surface area (Å²) in [5.74, 6) is 1.67. The van der Waals surface area contributed by atoms with E-state index < -0.39 is 0 Å². The van der Waals surface area contributed by atoms with E-state index in [0.717, 1.165) is 10.6 Å². The molecule has 2 rings (SSSR count). The Hall–Kier alpha value is -1.44. The van der Waals surface area contributed by atoms with Crippen LogP contribution in [-0.2, 0) is 4.74 Å². The lowest BCUT2D eigenvalue weighted by atomic mass is 10.3. The third-order valence-electron chi connectivity index (χ3n) is 2.40. The van der Waals surface area contributed by atoms with Gasteiger partial charge in [0.1, 0.15) is 5.75 Å². The van der Waals surface area contributed by atoms with Crippen molar-refractivity contribution in [2.45, 2.75) is 26.0 Å². The van der Waals surface area contributed by atoms with Crippen LogP contribution in [0.3, 0.4) is 0 Å². The Kier molecular flexibility index (Phi) is 4.52. The lowest BCUT2D eigenvalue weighted by Gasteiger charge is -2.10. The predicted octanol–water partition coefficient (Wildman–Crippen LogP) is 2.23. The number of rotatable bonds is 6. The van der Waals surface area contributed by atoms with E-state index >= 15 is 0 Å². The summed E-state index contributed by atoms with van der Waals surface area (Å²) in [6.07, 6.45) is 0.124.